The number of aromatic nitrogens is 1. The van der Waals surface area contributed by atoms with Gasteiger partial charge in [0, 0.05) is 13.6 Å². The van der Waals surface area contributed by atoms with Gasteiger partial charge in [0.15, 0.2) is 4.34 Å². The van der Waals surface area contributed by atoms with Gasteiger partial charge in [-0.1, -0.05) is 11.8 Å². The van der Waals surface area contributed by atoms with E-state index in [0.717, 1.165) is 11.3 Å². The van der Waals surface area contributed by atoms with Crippen molar-refractivity contribution < 1.29 is 14.7 Å². The van der Waals surface area contributed by atoms with Gasteiger partial charge in [0.05, 0.1) is 23.9 Å². The Morgan fingerprint density at radius 3 is 2.79 bits per heavy atom. The van der Waals surface area contributed by atoms with Crippen LogP contribution in [0.5, 0.6) is 0 Å². The summed E-state index contributed by atoms with van der Waals surface area (Å²) in [6.45, 7) is 2.03. The van der Waals surface area contributed by atoms with Gasteiger partial charge < -0.3 is 10.0 Å². The third kappa shape index (κ3) is 4.54. The summed E-state index contributed by atoms with van der Waals surface area (Å²) in [6.07, 6.45) is 0.298. The van der Waals surface area contributed by atoms with Crippen LogP contribution in [0.1, 0.15) is 21.8 Å². The van der Waals surface area contributed by atoms with Gasteiger partial charge in [-0.05, 0) is 6.92 Å². The molecule has 0 aliphatic rings. The fourth-order valence-electron chi connectivity index (χ4n) is 1.21. The molecule has 0 bridgehead atoms. The standard InChI is InChI=1S/C11H13N3O3S2/c1-7-9(10(16)17)19-11(13-7)18-6-8(15)14(2)5-3-4-12/h3,5-6H2,1-2H3,(H,16,17). The van der Waals surface area contributed by atoms with E-state index in [2.05, 4.69) is 4.98 Å². The molecular weight excluding hydrogens is 286 g/mol. The lowest BCUT2D eigenvalue weighted by Gasteiger charge is -2.14. The van der Waals surface area contributed by atoms with Crippen molar-refractivity contribution in [3.63, 3.8) is 0 Å². The Hall–Kier alpha value is -1.59. The van der Waals surface area contributed by atoms with E-state index in [1.54, 1.807) is 14.0 Å². The van der Waals surface area contributed by atoms with Crippen LogP contribution < -0.4 is 0 Å². The lowest BCUT2D eigenvalue weighted by atomic mass is 10.4. The van der Waals surface area contributed by atoms with E-state index in [1.165, 1.54) is 16.7 Å². The highest BCUT2D eigenvalue weighted by Crippen LogP contribution is 2.27. The maximum absolute atomic E-state index is 11.7. The Balaban J connectivity index is 2.53. The van der Waals surface area contributed by atoms with Crippen LogP contribution in [0.4, 0.5) is 0 Å². The van der Waals surface area contributed by atoms with Crippen molar-refractivity contribution in [3.05, 3.63) is 10.6 Å². The summed E-state index contributed by atoms with van der Waals surface area (Å²) in [4.78, 5) is 28.3. The number of carboxylic acids is 1. The average molecular weight is 299 g/mol. The van der Waals surface area contributed by atoms with E-state index in [1.807, 2.05) is 6.07 Å². The fourth-order valence-corrected chi connectivity index (χ4v) is 3.18. The Labute approximate surface area is 119 Å². The highest BCUT2D eigenvalue weighted by Gasteiger charge is 2.16. The largest absolute Gasteiger partial charge is 0.477 e. The van der Waals surface area contributed by atoms with Crippen molar-refractivity contribution in [2.75, 3.05) is 19.3 Å². The third-order valence-corrected chi connectivity index (χ3v) is 4.55. The molecule has 6 nitrogen and oxygen atoms in total. The van der Waals surface area contributed by atoms with Gasteiger partial charge in [-0.15, -0.1) is 11.3 Å². The zero-order valence-electron chi connectivity index (χ0n) is 10.5. The Kier molecular flexibility index (Phi) is 5.79. The number of rotatable bonds is 6. The highest BCUT2D eigenvalue weighted by molar-refractivity contribution is 8.01. The van der Waals surface area contributed by atoms with Crippen LogP contribution in [0.3, 0.4) is 0 Å². The fraction of sp³-hybridized carbons (Fsp3) is 0.455. The summed E-state index contributed by atoms with van der Waals surface area (Å²) in [7, 11) is 1.63. The molecule has 0 spiro atoms. The number of hydrogen-bond donors (Lipinski definition) is 1. The third-order valence-electron chi connectivity index (χ3n) is 2.28. The predicted octanol–water partition coefficient (Wildman–Crippen LogP) is 1.61. The predicted molar refractivity (Wildman–Crippen MR) is 72.4 cm³/mol. The minimum Gasteiger partial charge on any atom is -0.477 e. The molecule has 1 rings (SSSR count). The van der Waals surface area contributed by atoms with Gasteiger partial charge in [-0.2, -0.15) is 5.26 Å². The molecule has 0 aliphatic carbocycles. The molecule has 102 valence electrons. The molecule has 1 aromatic rings. The van der Waals surface area contributed by atoms with Crippen LogP contribution >= 0.6 is 23.1 Å². The van der Waals surface area contributed by atoms with Crippen molar-refractivity contribution in [1.82, 2.24) is 9.88 Å². The first-order valence-corrected chi connectivity index (χ1v) is 7.20. The number of carbonyl (C=O) groups excluding carboxylic acids is 1. The van der Waals surface area contributed by atoms with E-state index >= 15 is 0 Å². The highest BCUT2D eigenvalue weighted by atomic mass is 32.2. The Morgan fingerprint density at radius 1 is 1.58 bits per heavy atom. The number of thiazole rings is 1. The molecule has 19 heavy (non-hydrogen) atoms. The van der Waals surface area contributed by atoms with E-state index in [9.17, 15) is 9.59 Å². The van der Waals surface area contributed by atoms with Gasteiger partial charge >= 0.3 is 5.97 Å². The average Bonchev–Trinajstić information content (AvgIpc) is 2.74. The lowest BCUT2D eigenvalue weighted by molar-refractivity contribution is -0.127. The second-order valence-corrected chi connectivity index (χ2v) is 5.93. The van der Waals surface area contributed by atoms with Crippen LogP contribution in [-0.2, 0) is 4.79 Å². The Morgan fingerprint density at radius 2 is 2.26 bits per heavy atom. The summed E-state index contributed by atoms with van der Waals surface area (Å²) in [5.74, 6) is -0.919. The van der Waals surface area contributed by atoms with E-state index in [-0.39, 0.29) is 16.5 Å². The van der Waals surface area contributed by atoms with Crippen LogP contribution in [0.15, 0.2) is 4.34 Å². The quantitative estimate of drug-likeness (QED) is 0.802. The molecule has 0 radical (unpaired) electrons. The molecule has 0 saturated carbocycles. The van der Waals surface area contributed by atoms with E-state index in [0.29, 0.717) is 23.0 Å². The number of hydrogen-bond acceptors (Lipinski definition) is 6. The molecule has 0 aliphatic heterocycles. The molecule has 1 amide bonds. The summed E-state index contributed by atoms with van der Waals surface area (Å²) < 4.78 is 0.567. The van der Waals surface area contributed by atoms with Crippen molar-refractivity contribution in [2.45, 2.75) is 17.7 Å². The van der Waals surface area contributed by atoms with Gasteiger partial charge in [-0.3, -0.25) is 4.79 Å². The van der Waals surface area contributed by atoms with Crippen LogP contribution in [0.2, 0.25) is 0 Å². The topological polar surface area (TPSA) is 94.3 Å². The first kappa shape index (κ1) is 15.5. The number of aromatic carboxylic acids is 1. The number of carbonyl (C=O) groups is 2. The first-order valence-electron chi connectivity index (χ1n) is 5.40. The van der Waals surface area contributed by atoms with Gasteiger partial charge in [0.1, 0.15) is 4.88 Å². The molecule has 0 saturated heterocycles. The van der Waals surface area contributed by atoms with Crippen LogP contribution in [-0.4, -0.2) is 46.2 Å². The van der Waals surface area contributed by atoms with Gasteiger partial charge in [-0.25, -0.2) is 9.78 Å². The molecule has 0 atom stereocenters. The van der Waals surface area contributed by atoms with Crippen molar-refractivity contribution in [3.8, 4) is 6.07 Å². The molecule has 0 unspecified atom stereocenters. The van der Waals surface area contributed by atoms with E-state index in [4.69, 9.17) is 10.4 Å². The van der Waals surface area contributed by atoms with E-state index < -0.39 is 5.97 Å². The smallest absolute Gasteiger partial charge is 0.347 e. The molecule has 8 heteroatoms. The number of nitriles is 1. The first-order chi connectivity index (χ1) is 8.95. The number of aryl methyl sites for hydroxylation is 1. The Bertz CT molecular complexity index is 522. The van der Waals surface area contributed by atoms with Crippen LogP contribution in [0, 0.1) is 18.3 Å². The summed E-state index contributed by atoms with van der Waals surface area (Å²) >= 11 is 2.28. The minimum atomic E-state index is -1.00. The van der Waals surface area contributed by atoms with Gasteiger partial charge in [0.25, 0.3) is 0 Å². The van der Waals surface area contributed by atoms with Crippen molar-refractivity contribution >= 4 is 35.0 Å². The summed E-state index contributed by atoms with van der Waals surface area (Å²) in [5.41, 5.74) is 0.463. The molecule has 1 heterocycles. The summed E-state index contributed by atoms with van der Waals surface area (Å²) in [6, 6.07) is 1.97. The summed E-state index contributed by atoms with van der Waals surface area (Å²) in [5, 5.41) is 17.3. The minimum absolute atomic E-state index is 0.107. The van der Waals surface area contributed by atoms with Crippen molar-refractivity contribution in [2.24, 2.45) is 0 Å². The van der Waals surface area contributed by atoms with Gasteiger partial charge in [0.2, 0.25) is 5.91 Å². The number of nitrogens with zero attached hydrogens (tertiary/aromatic N) is 3. The molecule has 1 N–H and O–H groups in total. The molecule has 1 aromatic heterocycles. The lowest BCUT2D eigenvalue weighted by Crippen LogP contribution is -2.29. The second kappa shape index (κ2) is 7.11. The maximum atomic E-state index is 11.7. The second-order valence-electron chi connectivity index (χ2n) is 3.71. The maximum Gasteiger partial charge on any atom is 0.347 e. The zero-order chi connectivity index (χ0) is 14.4. The number of thioether (sulfide) groups is 1. The number of amides is 1. The molecule has 0 fully saturated rings. The molecule has 0 aromatic carbocycles. The SMILES string of the molecule is Cc1nc(SCC(=O)N(C)CCC#N)sc1C(=O)O. The molecular formula is C11H13N3O3S2. The van der Waals surface area contributed by atoms with Crippen molar-refractivity contribution in [1.29, 1.82) is 5.26 Å². The normalized spacial score (nSPS) is 9.95. The number of carboxylic acid groups (broad SMARTS) is 1. The monoisotopic (exact) mass is 299 g/mol. The zero-order valence-corrected chi connectivity index (χ0v) is 12.2. The van der Waals surface area contributed by atoms with Crippen LogP contribution in [0.25, 0.3) is 0 Å².